The van der Waals surface area contributed by atoms with Gasteiger partial charge < -0.3 is 20.3 Å². The van der Waals surface area contributed by atoms with Crippen LogP contribution in [0.25, 0.3) is 0 Å². The van der Waals surface area contributed by atoms with Gasteiger partial charge in [0.1, 0.15) is 0 Å². The first-order valence-electron chi connectivity index (χ1n) is 8.90. The number of halogens is 1. The molecule has 0 unspecified atom stereocenters. The first kappa shape index (κ1) is 22.9. The lowest BCUT2D eigenvalue weighted by molar-refractivity contribution is 0.108. The Bertz CT molecular complexity index is 305. The molecule has 1 fully saturated rings. The molecule has 1 aliphatic heterocycles. The van der Waals surface area contributed by atoms with E-state index >= 15 is 0 Å². The predicted molar refractivity (Wildman–Crippen MR) is 110 cm³/mol. The molecule has 1 aliphatic rings. The van der Waals surface area contributed by atoms with Gasteiger partial charge in [-0.15, -0.1) is 24.0 Å². The van der Waals surface area contributed by atoms with Gasteiger partial charge >= 0.3 is 0 Å². The molecule has 1 rings (SSSR count). The topological polar surface area (TPSA) is 48.9 Å². The summed E-state index contributed by atoms with van der Waals surface area (Å²) in [5.74, 6) is 2.30. The minimum absolute atomic E-state index is 0. The van der Waals surface area contributed by atoms with Crippen molar-refractivity contribution < 1.29 is 4.74 Å². The molecular weight excluding hydrogens is 403 g/mol. The molecule has 0 amide bonds. The molecule has 0 aromatic heterocycles. The third kappa shape index (κ3) is 12.0. The highest BCUT2D eigenvalue weighted by Gasteiger charge is 2.16. The zero-order valence-electron chi connectivity index (χ0n) is 15.4. The maximum absolute atomic E-state index is 5.60. The van der Waals surface area contributed by atoms with Gasteiger partial charge in [-0.1, -0.05) is 13.8 Å². The van der Waals surface area contributed by atoms with Crippen LogP contribution >= 0.6 is 24.0 Å². The number of hydrogen-bond acceptors (Lipinski definition) is 3. The van der Waals surface area contributed by atoms with Crippen LogP contribution in [0.15, 0.2) is 4.99 Å². The summed E-state index contributed by atoms with van der Waals surface area (Å²) < 4.78 is 5.60. The van der Waals surface area contributed by atoms with E-state index in [1.807, 2.05) is 0 Å². The monoisotopic (exact) mass is 440 g/mol. The highest BCUT2D eigenvalue weighted by atomic mass is 127. The molecule has 1 heterocycles. The van der Waals surface area contributed by atoms with Gasteiger partial charge in [0.2, 0.25) is 0 Å². The number of ether oxygens (including phenoxy) is 1. The van der Waals surface area contributed by atoms with Crippen LogP contribution in [-0.2, 0) is 4.74 Å². The fourth-order valence-corrected chi connectivity index (χ4v) is 2.51. The van der Waals surface area contributed by atoms with Gasteiger partial charge in [0.15, 0.2) is 5.96 Å². The summed E-state index contributed by atoms with van der Waals surface area (Å²) in [5.41, 5.74) is 0. The van der Waals surface area contributed by atoms with Crippen molar-refractivity contribution in [3.63, 3.8) is 0 Å². The summed E-state index contributed by atoms with van der Waals surface area (Å²) in [7, 11) is 2.20. The molecule has 6 heteroatoms. The van der Waals surface area contributed by atoms with Crippen molar-refractivity contribution in [2.24, 2.45) is 16.8 Å². The summed E-state index contributed by atoms with van der Waals surface area (Å²) in [4.78, 5) is 7.15. The zero-order chi connectivity index (χ0) is 16.2. The van der Waals surface area contributed by atoms with Gasteiger partial charge in [0.25, 0.3) is 0 Å². The Morgan fingerprint density at radius 2 is 1.96 bits per heavy atom. The number of hydrogen-bond donors (Lipinski definition) is 2. The van der Waals surface area contributed by atoms with Gasteiger partial charge in [-0.25, -0.2) is 0 Å². The predicted octanol–water partition coefficient (Wildman–Crippen LogP) is 2.56. The highest BCUT2D eigenvalue weighted by molar-refractivity contribution is 14.0. The van der Waals surface area contributed by atoms with E-state index in [2.05, 4.69) is 43.4 Å². The van der Waals surface area contributed by atoms with Crippen molar-refractivity contribution in [3.8, 4) is 0 Å². The quantitative estimate of drug-likeness (QED) is 0.251. The minimum Gasteiger partial charge on any atom is -0.381 e. The molecule has 0 bridgehead atoms. The van der Waals surface area contributed by atoms with Crippen LogP contribution in [0.3, 0.4) is 0 Å². The molecule has 0 radical (unpaired) electrons. The smallest absolute Gasteiger partial charge is 0.191 e. The largest absolute Gasteiger partial charge is 0.381 e. The Labute approximate surface area is 160 Å². The van der Waals surface area contributed by atoms with E-state index in [-0.39, 0.29) is 24.0 Å². The third-order valence-electron chi connectivity index (χ3n) is 3.90. The molecule has 0 aliphatic carbocycles. The van der Waals surface area contributed by atoms with Crippen LogP contribution in [0, 0.1) is 11.8 Å². The SMILES string of the molecule is CCNC(=NCC1CCN(C)CC1)NCCCOCC(C)C.I. The average molecular weight is 440 g/mol. The second-order valence-electron chi connectivity index (χ2n) is 6.72. The van der Waals surface area contributed by atoms with Crippen molar-refractivity contribution >= 4 is 29.9 Å². The molecule has 0 atom stereocenters. The maximum atomic E-state index is 5.60. The summed E-state index contributed by atoms with van der Waals surface area (Å²) in [6.45, 7) is 13.3. The number of piperidine rings is 1. The van der Waals surface area contributed by atoms with E-state index < -0.39 is 0 Å². The molecule has 5 nitrogen and oxygen atoms in total. The standard InChI is InChI=1S/C17H36N4O.HI/c1-5-18-17(19-9-6-12-22-14-15(2)3)20-13-16-7-10-21(4)11-8-16;/h15-16H,5-14H2,1-4H3,(H2,18,19,20);1H. The van der Waals surface area contributed by atoms with E-state index in [9.17, 15) is 0 Å². The van der Waals surface area contributed by atoms with E-state index in [1.165, 1.54) is 25.9 Å². The summed E-state index contributed by atoms with van der Waals surface area (Å²) in [6, 6.07) is 0. The van der Waals surface area contributed by atoms with Crippen LogP contribution in [-0.4, -0.2) is 63.8 Å². The summed E-state index contributed by atoms with van der Waals surface area (Å²) >= 11 is 0. The second-order valence-corrected chi connectivity index (χ2v) is 6.72. The molecule has 0 saturated carbocycles. The number of nitrogens with zero attached hydrogens (tertiary/aromatic N) is 2. The highest BCUT2D eigenvalue weighted by Crippen LogP contribution is 2.15. The molecular formula is C17H37IN4O. The van der Waals surface area contributed by atoms with E-state index in [0.29, 0.717) is 5.92 Å². The van der Waals surface area contributed by atoms with Crippen LogP contribution in [0.4, 0.5) is 0 Å². The minimum atomic E-state index is 0. The summed E-state index contributed by atoms with van der Waals surface area (Å²) in [5, 5.41) is 6.73. The molecule has 23 heavy (non-hydrogen) atoms. The van der Waals surface area contributed by atoms with Gasteiger partial charge in [0.05, 0.1) is 0 Å². The Kier molecular flexibility index (Phi) is 14.2. The number of aliphatic imine (C=N–C) groups is 1. The van der Waals surface area contributed by atoms with E-state index in [0.717, 1.165) is 51.1 Å². The fraction of sp³-hybridized carbons (Fsp3) is 0.941. The van der Waals surface area contributed by atoms with Crippen molar-refractivity contribution in [1.82, 2.24) is 15.5 Å². The van der Waals surface area contributed by atoms with Gasteiger partial charge in [-0.3, -0.25) is 4.99 Å². The first-order chi connectivity index (χ1) is 10.6. The Balaban J connectivity index is 0.00000484. The molecule has 1 saturated heterocycles. The molecule has 0 spiro atoms. The molecule has 138 valence electrons. The molecule has 0 aromatic carbocycles. The van der Waals surface area contributed by atoms with Crippen LogP contribution < -0.4 is 10.6 Å². The van der Waals surface area contributed by atoms with Crippen molar-refractivity contribution in [3.05, 3.63) is 0 Å². The van der Waals surface area contributed by atoms with Crippen LogP contribution in [0.5, 0.6) is 0 Å². The Hall–Kier alpha value is -0.0800. The normalized spacial score (nSPS) is 17.2. The first-order valence-corrected chi connectivity index (χ1v) is 8.90. The molecule has 0 aromatic rings. The summed E-state index contributed by atoms with van der Waals surface area (Å²) in [6.07, 6.45) is 3.55. The van der Waals surface area contributed by atoms with Crippen LogP contribution in [0.1, 0.15) is 40.0 Å². The van der Waals surface area contributed by atoms with Crippen molar-refractivity contribution in [2.45, 2.75) is 40.0 Å². The number of nitrogens with one attached hydrogen (secondary N) is 2. The van der Waals surface area contributed by atoms with Crippen molar-refractivity contribution in [2.75, 3.05) is 53.0 Å². The number of guanidine groups is 1. The lowest BCUT2D eigenvalue weighted by Gasteiger charge is -2.28. The fourth-order valence-electron chi connectivity index (χ4n) is 2.51. The second kappa shape index (κ2) is 14.3. The molecule has 2 N–H and O–H groups in total. The number of rotatable bonds is 9. The lowest BCUT2D eigenvalue weighted by atomic mass is 9.97. The van der Waals surface area contributed by atoms with E-state index in [1.54, 1.807) is 0 Å². The average Bonchev–Trinajstić information content (AvgIpc) is 2.49. The lowest BCUT2D eigenvalue weighted by Crippen LogP contribution is -2.39. The number of likely N-dealkylation sites (tertiary alicyclic amines) is 1. The zero-order valence-corrected chi connectivity index (χ0v) is 17.8. The Morgan fingerprint density at radius 1 is 1.26 bits per heavy atom. The van der Waals surface area contributed by atoms with Gasteiger partial charge in [0, 0.05) is 32.8 Å². The Morgan fingerprint density at radius 3 is 2.57 bits per heavy atom. The third-order valence-corrected chi connectivity index (χ3v) is 3.90. The maximum Gasteiger partial charge on any atom is 0.191 e. The van der Waals surface area contributed by atoms with Crippen molar-refractivity contribution in [1.29, 1.82) is 0 Å². The van der Waals surface area contributed by atoms with Gasteiger partial charge in [-0.05, 0) is 58.2 Å². The van der Waals surface area contributed by atoms with Gasteiger partial charge in [-0.2, -0.15) is 0 Å². The van der Waals surface area contributed by atoms with E-state index in [4.69, 9.17) is 9.73 Å². The van der Waals surface area contributed by atoms with Crippen LogP contribution in [0.2, 0.25) is 0 Å².